The van der Waals surface area contributed by atoms with E-state index in [1.165, 1.54) is 135 Å². The molecule has 4 heteroatoms. The van der Waals surface area contributed by atoms with Crippen molar-refractivity contribution in [2.24, 2.45) is 5.73 Å². The van der Waals surface area contributed by atoms with Gasteiger partial charge in [0.2, 0.25) is 0 Å². The molecule has 0 saturated carbocycles. The Bertz CT molecular complexity index is 298. The minimum Gasteiger partial charge on any atom is -1.00 e. The number of unbranched alkanes of at least 4 members (excludes halogenated alkanes) is 15. The molecule has 0 rings (SSSR count). The van der Waals surface area contributed by atoms with Crippen LogP contribution in [-0.4, -0.2) is 43.7 Å². The van der Waals surface area contributed by atoms with E-state index < -0.39 is 0 Å². The van der Waals surface area contributed by atoms with E-state index in [1.54, 1.807) is 0 Å². The molecular formula is C29H67ClN2O. The van der Waals surface area contributed by atoms with Gasteiger partial charge in [0.05, 0.1) is 28.2 Å². The smallest absolute Gasteiger partial charge is 0.0675 e. The van der Waals surface area contributed by atoms with Crippen molar-refractivity contribution in [2.45, 2.75) is 161 Å². The maximum absolute atomic E-state index is 6.92. The second-order valence-corrected chi connectivity index (χ2v) is 11.6. The van der Waals surface area contributed by atoms with E-state index in [9.17, 15) is 0 Å². The molecule has 4 N–H and O–H groups in total. The van der Waals surface area contributed by atoms with Crippen LogP contribution < -0.4 is 18.1 Å². The van der Waals surface area contributed by atoms with Gasteiger partial charge in [-0.2, -0.15) is 0 Å². The standard InChI is InChI=1S/C25H53N.C4H12N.ClH.H2O/c1-4-7-10-13-16-19-22-25(26,23-20-17-14-11-8-5-2)24-21-18-15-12-9-6-3;1-5(2,3)4;;/h4-24,26H2,1-3H3;1-4H3;1H;1H2/q;+1;;/p-1. The molecule has 0 aromatic heterocycles. The van der Waals surface area contributed by atoms with E-state index in [4.69, 9.17) is 5.73 Å². The molecule has 0 aliphatic rings. The van der Waals surface area contributed by atoms with E-state index in [1.807, 2.05) is 0 Å². The molecule has 3 nitrogen and oxygen atoms in total. The summed E-state index contributed by atoms with van der Waals surface area (Å²) in [5.74, 6) is 0. The Hall–Kier alpha value is 0.170. The Kier molecular flexibility index (Phi) is 34.7. The number of nitrogens with two attached hydrogens (primary N) is 1. The summed E-state index contributed by atoms with van der Waals surface area (Å²) in [5.41, 5.74) is 7.06. The maximum Gasteiger partial charge on any atom is 0.0675 e. The fourth-order valence-corrected chi connectivity index (χ4v) is 4.15. The van der Waals surface area contributed by atoms with Crippen molar-refractivity contribution in [3.63, 3.8) is 0 Å². The van der Waals surface area contributed by atoms with Gasteiger partial charge < -0.3 is 28.1 Å². The molecule has 0 saturated heterocycles. The number of rotatable bonds is 21. The van der Waals surface area contributed by atoms with Crippen LogP contribution in [0.15, 0.2) is 0 Å². The fraction of sp³-hybridized carbons (Fsp3) is 1.00. The largest absolute Gasteiger partial charge is 1.00 e. The van der Waals surface area contributed by atoms with E-state index in [0.717, 1.165) is 4.48 Å². The van der Waals surface area contributed by atoms with Crippen molar-refractivity contribution in [3.05, 3.63) is 0 Å². The van der Waals surface area contributed by atoms with Gasteiger partial charge in [-0.15, -0.1) is 0 Å². The zero-order valence-corrected chi connectivity index (χ0v) is 25.0. The van der Waals surface area contributed by atoms with Crippen LogP contribution in [0.3, 0.4) is 0 Å². The predicted octanol–water partition coefficient (Wildman–Crippen LogP) is 5.44. The van der Waals surface area contributed by atoms with E-state index >= 15 is 0 Å². The summed E-state index contributed by atoms with van der Waals surface area (Å²) in [6, 6.07) is 0. The first-order valence-electron chi connectivity index (χ1n) is 14.3. The summed E-state index contributed by atoms with van der Waals surface area (Å²) in [5, 5.41) is 0. The lowest BCUT2D eigenvalue weighted by atomic mass is 9.82. The highest BCUT2D eigenvalue weighted by Crippen LogP contribution is 2.27. The molecule has 33 heavy (non-hydrogen) atoms. The number of halogens is 1. The zero-order chi connectivity index (χ0) is 23.8. The number of quaternary nitrogens is 1. The summed E-state index contributed by atoms with van der Waals surface area (Å²) in [4.78, 5) is 0. The van der Waals surface area contributed by atoms with Crippen molar-refractivity contribution in [1.82, 2.24) is 0 Å². The second-order valence-electron chi connectivity index (χ2n) is 11.6. The maximum atomic E-state index is 6.92. The molecule has 0 heterocycles. The van der Waals surface area contributed by atoms with Crippen LogP contribution >= 0.6 is 0 Å². The molecule has 0 aliphatic heterocycles. The molecule has 0 aliphatic carbocycles. The van der Waals surface area contributed by atoms with E-state index in [-0.39, 0.29) is 23.4 Å². The monoisotopic (exact) mass is 494 g/mol. The average Bonchev–Trinajstić information content (AvgIpc) is 2.69. The van der Waals surface area contributed by atoms with Gasteiger partial charge in [-0.05, 0) is 19.3 Å². The van der Waals surface area contributed by atoms with Gasteiger partial charge in [-0.25, -0.2) is 0 Å². The predicted molar refractivity (Wildman–Crippen MR) is 148 cm³/mol. The normalized spacial score (nSPS) is 11.3. The third kappa shape index (κ3) is 39.7. The molecule has 0 radical (unpaired) electrons. The molecule has 0 aromatic rings. The number of nitrogens with zero attached hydrogens (tertiary/aromatic N) is 1. The third-order valence-corrected chi connectivity index (χ3v) is 6.08. The van der Waals surface area contributed by atoms with Crippen molar-refractivity contribution in [1.29, 1.82) is 0 Å². The highest BCUT2D eigenvalue weighted by Gasteiger charge is 2.23. The summed E-state index contributed by atoms with van der Waals surface area (Å²) in [6.07, 6.45) is 28.8. The summed E-state index contributed by atoms with van der Waals surface area (Å²) < 4.78 is 1.00. The molecule has 0 amide bonds. The Morgan fingerprint density at radius 1 is 0.455 bits per heavy atom. The molecule has 0 bridgehead atoms. The lowest BCUT2D eigenvalue weighted by Crippen LogP contribution is -3.00. The zero-order valence-electron chi connectivity index (χ0n) is 24.3. The van der Waals surface area contributed by atoms with Crippen LogP contribution in [0.4, 0.5) is 0 Å². The quantitative estimate of drug-likeness (QED) is 0.167. The van der Waals surface area contributed by atoms with Crippen LogP contribution in [-0.2, 0) is 0 Å². The van der Waals surface area contributed by atoms with Crippen molar-refractivity contribution in [2.75, 3.05) is 28.2 Å². The third-order valence-electron chi connectivity index (χ3n) is 6.08. The Morgan fingerprint density at radius 3 is 0.848 bits per heavy atom. The number of hydrogen-bond donors (Lipinski definition) is 1. The molecular weight excluding hydrogens is 428 g/mol. The first-order valence-corrected chi connectivity index (χ1v) is 14.3. The first kappa shape index (κ1) is 40.3. The minimum absolute atomic E-state index is 0. The van der Waals surface area contributed by atoms with Gasteiger partial charge in [0.1, 0.15) is 0 Å². The van der Waals surface area contributed by atoms with Gasteiger partial charge in [0, 0.05) is 5.54 Å². The van der Waals surface area contributed by atoms with Gasteiger partial charge in [-0.1, -0.05) is 136 Å². The molecule has 206 valence electrons. The average molecular weight is 495 g/mol. The molecule has 0 fully saturated rings. The summed E-state index contributed by atoms with van der Waals surface area (Å²) in [7, 11) is 8.50. The van der Waals surface area contributed by atoms with Gasteiger partial charge >= 0.3 is 0 Å². The molecule has 0 atom stereocenters. The SMILES string of the molecule is CCCCCCCCC(N)(CCCCCCCC)CCCCCCCC.C[N+](C)(C)C.O.[Cl-]. The summed E-state index contributed by atoms with van der Waals surface area (Å²) >= 11 is 0. The molecule has 0 spiro atoms. The van der Waals surface area contributed by atoms with Crippen molar-refractivity contribution >= 4 is 0 Å². The second kappa shape index (κ2) is 28.4. The van der Waals surface area contributed by atoms with Gasteiger partial charge in [0.25, 0.3) is 0 Å². The van der Waals surface area contributed by atoms with Crippen LogP contribution in [0.2, 0.25) is 0 Å². The first-order chi connectivity index (χ1) is 14.7. The fourth-order valence-electron chi connectivity index (χ4n) is 4.15. The summed E-state index contributed by atoms with van der Waals surface area (Å²) in [6.45, 7) is 6.89. The Labute approximate surface area is 217 Å². The van der Waals surface area contributed by atoms with Crippen LogP contribution in [0.1, 0.15) is 156 Å². The van der Waals surface area contributed by atoms with E-state index in [2.05, 4.69) is 49.0 Å². The highest BCUT2D eigenvalue weighted by molar-refractivity contribution is 4.84. The highest BCUT2D eigenvalue weighted by atomic mass is 35.5. The molecule has 0 aromatic carbocycles. The van der Waals surface area contributed by atoms with Crippen LogP contribution in [0.5, 0.6) is 0 Å². The topological polar surface area (TPSA) is 57.5 Å². The Balaban J connectivity index is -0.000000539. The van der Waals surface area contributed by atoms with Crippen molar-refractivity contribution < 1.29 is 22.4 Å². The van der Waals surface area contributed by atoms with Crippen LogP contribution in [0.25, 0.3) is 0 Å². The van der Waals surface area contributed by atoms with Gasteiger partial charge in [-0.3, -0.25) is 0 Å². The molecule has 0 unspecified atom stereocenters. The van der Waals surface area contributed by atoms with Crippen LogP contribution in [0, 0.1) is 0 Å². The van der Waals surface area contributed by atoms with Crippen molar-refractivity contribution in [3.8, 4) is 0 Å². The lowest BCUT2D eigenvalue weighted by molar-refractivity contribution is -0.849. The van der Waals surface area contributed by atoms with Gasteiger partial charge in [0.15, 0.2) is 0 Å². The Morgan fingerprint density at radius 2 is 0.636 bits per heavy atom. The number of hydrogen-bond acceptors (Lipinski definition) is 1. The van der Waals surface area contributed by atoms with E-state index in [0.29, 0.717) is 0 Å². The lowest BCUT2D eigenvalue weighted by Gasteiger charge is -2.30. The minimum atomic E-state index is 0.